The fourth-order valence-corrected chi connectivity index (χ4v) is 11.3. The van der Waals surface area contributed by atoms with Crippen molar-refractivity contribution in [3.8, 4) is 44.5 Å². The first-order valence-corrected chi connectivity index (χ1v) is 21.0. The molecule has 0 radical (unpaired) electrons. The van der Waals surface area contributed by atoms with Crippen LogP contribution in [0.2, 0.25) is 0 Å². The molecule has 10 aromatic rings. The number of hydrogen-bond acceptors (Lipinski definition) is 2. The van der Waals surface area contributed by atoms with Crippen molar-refractivity contribution >= 4 is 39.0 Å². The van der Waals surface area contributed by atoms with Gasteiger partial charge in [-0.25, -0.2) is 0 Å². The molecule has 13 rings (SSSR count). The van der Waals surface area contributed by atoms with Crippen LogP contribution in [0.25, 0.3) is 66.4 Å². The average Bonchev–Trinajstić information content (AvgIpc) is 3.99. The summed E-state index contributed by atoms with van der Waals surface area (Å²) < 4.78 is 6.19. The molecule has 1 heterocycles. The molecule has 1 spiro atoms. The fourth-order valence-electron chi connectivity index (χ4n) is 11.3. The van der Waals surface area contributed by atoms with E-state index in [1.807, 2.05) is 12.1 Å². The van der Waals surface area contributed by atoms with Crippen LogP contribution in [-0.2, 0) is 10.8 Å². The highest BCUT2D eigenvalue weighted by atomic mass is 16.3. The number of anilines is 3. The smallest absolute Gasteiger partial charge is 0.135 e. The van der Waals surface area contributed by atoms with E-state index in [1.54, 1.807) is 0 Å². The molecular formula is C58H39NO. The Morgan fingerprint density at radius 2 is 0.900 bits per heavy atom. The number of rotatable bonds is 4. The van der Waals surface area contributed by atoms with E-state index in [1.165, 1.54) is 78.0 Å². The molecule has 0 bridgehead atoms. The summed E-state index contributed by atoms with van der Waals surface area (Å²) in [5, 5.41) is 2.28. The molecule has 0 aliphatic heterocycles. The van der Waals surface area contributed by atoms with E-state index in [0.29, 0.717) is 0 Å². The molecule has 0 unspecified atom stereocenters. The largest absolute Gasteiger partial charge is 0.456 e. The predicted octanol–water partition coefficient (Wildman–Crippen LogP) is 15.4. The molecule has 60 heavy (non-hydrogen) atoms. The molecule has 282 valence electrons. The zero-order valence-corrected chi connectivity index (χ0v) is 33.4. The molecule has 0 saturated heterocycles. The number of fused-ring (bicyclic) bond motifs is 16. The number of nitrogens with zero attached hydrogens (tertiary/aromatic N) is 1. The highest BCUT2D eigenvalue weighted by molar-refractivity contribution is 6.06. The minimum atomic E-state index is -0.428. The van der Waals surface area contributed by atoms with Crippen LogP contribution >= 0.6 is 0 Å². The minimum absolute atomic E-state index is 0.139. The summed E-state index contributed by atoms with van der Waals surface area (Å²) in [5.41, 5.74) is 23.0. The van der Waals surface area contributed by atoms with Crippen LogP contribution < -0.4 is 4.90 Å². The molecule has 0 amide bonds. The Hall–Kier alpha value is -7.42. The van der Waals surface area contributed by atoms with E-state index in [9.17, 15) is 0 Å². The van der Waals surface area contributed by atoms with Crippen LogP contribution in [-0.4, -0.2) is 0 Å². The zero-order valence-electron chi connectivity index (χ0n) is 33.4. The topological polar surface area (TPSA) is 16.4 Å². The molecule has 0 fully saturated rings. The summed E-state index contributed by atoms with van der Waals surface area (Å²) >= 11 is 0. The van der Waals surface area contributed by atoms with Gasteiger partial charge in [-0.3, -0.25) is 0 Å². The second-order valence-electron chi connectivity index (χ2n) is 17.2. The summed E-state index contributed by atoms with van der Waals surface area (Å²) in [6.07, 6.45) is 0. The Balaban J connectivity index is 1.04. The second-order valence-corrected chi connectivity index (χ2v) is 17.2. The first-order chi connectivity index (χ1) is 29.5. The van der Waals surface area contributed by atoms with E-state index < -0.39 is 5.41 Å². The lowest BCUT2D eigenvalue weighted by Gasteiger charge is -2.32. The van der Waals surface area contributed by atoms with Crippen molar-refractivity contribution in [3.63, 3.8) is 0 Å². The van der Waals surface area contributed by atoms with Crippen LogP contribution in [0, 0.1) is 0 Å². The Labute approximate surface area is 349 Å². The number of para-hydroxylation sites is 1. The van der Waals surface area contributed by atoms with Crippen molar-refractivity contribution in [2.24, 2.45) is 0 Å². The van der Waals surface area contributed by atoms with E-state index in [4.69, 9.17) is 4.42 Å². The van der Waals surface area contributed by atoms with E-state index in [2.05, 4.69) is 207 Å². The predicted molar refractivity (Wildman–Crippen MR) is 248 cm³/mol. The van der Waals surface area contributed by atoms with Crippen LogP contribution in [0.3, 0.4) is 0 Å². The zero-order chi connectivity index (χ0) is 39.7. The molecule has 2 heteroatoms. The fraction of sp³-hybridized carbons (Fsp3) is 0.0690. The van der Waals surface area contributed by atoms with Crippen LogP contribution in [0.1, 0.15) is 47.2 Å². The summed E-state index contributed by atoms with van der Waals surface area (Å²) in [6, 6.07) is 74.3. The van der Waals surface area contributed by atoms with Crippen LogP contribution in [0.4, 0.5) is 17.1 Å². The number of furan rings is 1. The summed E-state index contributed by atoms with van der Waals surface area (Å²) in [7, 11) is 0. The number of benzene rings is 9. The van der Waals surface area contributed by atoms with Gasteiger partial charge >= 0.3 is 0 Å². The standard InChI is InChI=1S/C58H39NO/c1-57(2)47-19-8-3-14-40(47)43-32-31-39(35-52(43)57)59(38-29-26-36(27-30-38)37-28-33-55-46(34-37)44-17-7-12-25-54(44)60-55)53-24-13-23-51-56(53)45-18-6-11-22-50(45)58(51)48-20-9-4-15-41(48)42-16-5-10-21-49(42)58/h3-35H,1-2H3. The third kappa shape index (κ3) is 4.32. The van der Waals surface area contributed by atoms with Gasteiger partial charge in [0.1, 0.15) is 11.2 Å². The highest BCUT2D eigenvalue weighted by Crippen LogP contribution is 2.65. The van der Waals surface area contributed by atoms with Crippen molar-refractivity contribution in [2.75, 3.05) is 4.90 Å². The second kappa shape index (κ2) is 12.1. The Morgan fingerprint density at radius 1 is 0.367 bits per heavy atom. The lowest BCUT2D eigenvalue weighted by Crippen LogP contribution is -2.26. The van der Waals surface area contributed by atoms with Gasteiger partial charge < -0.3 is 9.32 Å². The normalized spacial score (nSPS) is 14.4. The molecule has 3 aliphatic rings. The summed E-state index contributed by atoms with van der Waals surface area (Å²) in [5.74, 6) is 0. The Morgan fingerprint density at radius 3 is 1.63 bits per heavy atom. The SMILES string of the molecule is CC1(C)c2ccccc2-c2ccc(N(c3ccc(-c4ccc5oc6ccccc6c5c4)cc3)c3cccc4c3-c3ccccc3C43c4ccccc4-c4ccccc43)cc21. The van der Waals surface area contributed by atoms with Gasteiger partial charge in [-0.05, 0) is 121 Å². The highest BCUT2D eigenvalue weighted by Gasteiger charge is 2.52. The third-order valence-corrected chi connectivity index (χ3v) is 13.9. The first-order valence-electron chi connectivity index (χ1n) is 21.0. The van der Waals surface area contributed by atoms with Gasteiger partial charge in [0.25, 0.3) is 0 Å². The molecule has 3 aliphatic carbocycles. The maximum absolute atomic E-state index is 6.19. The Kier molecular flexibility index (Phi) is 6.74. The lowest BCUT2D eigenvalue weighted by atomic mass is 9.70. The lowest BCUT2D eigenvalue weighted by molar-refractivity contribution is 0.660. The Bertz CT molecular complexity index is 3370. The summed E-state index contributed by atoms with van der Waals surface area (Å²) in [4.78, 5) is 2.51. The first kappa shape index (κ1) is 33.5. The van der Waals surface area contributed by atoms with E-state index in [-0.39, 0.29) is 5.41 Å². The van der Waals surface area contributed by atoms with Crippen molar-refractivity contribution in [2.45, 2.75) is 24.7 Å². The number of hydrogen-bond donors (Lipinski definition) is 0. The quantitative estimate of drug-likeness (QED) is 0.177. The van der Waals surface area contributed by atoms with Gasteiger partial charge in [0.15, 0.2) is 0 Å². The van der Waals surface area contributed by atoms with Gasteiger partial charge in [-0.2, -0.15) is 0 Å². The van der Waals surface area contributed by atoms with Gasteiger partial charge in [0.2, 0.25) is 0 Å². The molecule has 0 saturated carbocycles. The van der Waals surface area contributed by atoms with E-state index >= 15 is 0 Å². The van der Waals surface area contributed by atoms with Crippen LogP contribution in [0.5, 0.6) is 0 Å². The molecule has 9 aromatic carbocycles. The van der Waals surface area contributed by atoms with Crippen molar-refractivity contribution in [3.05, 3.63) is 234 Å². The third-order valence-electron chi connectivity index (χ3n) is 13.9. The summed E-state index contributed by atoms with van der Waals surface area (Å²) in [6.45, 7) is 4.74. The average molecular weight is 766 g/mol. The van der Waals surface area contributed by atoms with Gasteiger partial charge in [-0.1, -0.05) is 166 Å². The monoisotopic (exact) mass is 765 g/mol. The van der Waals surface area contributed by atoms with Crippen molar-refractivity contribution < 1.29 is 4.42 Å². The molecule has 0 N–H and O–H groups in total. The molecule has 0 atom stereocenters. The molecular weight excluding hydrogens is 727 g/mol. The van der Waals surface area contributed by atoms with Gasteiger partial charge in [-0.15, -0.1) is 0 Å². The van der Waals surface area contributed by atoms with Crippen molar-refractivity contribution in [1.29, 1.82) is 0 Å². The molecule has 1 aromatic heterocycles. The van der Waals surface area contributed by atoms with Gasteiger partial charge in [0, 0.05) is 33.1 Å². The van der Waals surface area contributed by atoms with Crippen LogP contribution in [0.15, 0.2) is 205 Å². The maximum atomic E-state index is 6.19. The van der Waals surface area contributed by atoms with E-state index in [0.717, 1.165) is 38.9 Å². The van der Waals surface area contributed by atoms with Gasteiger partial charge in [0.05, 0.1) is 11.1 Å². The molecule has 2 nitrogen and oxygen atoms in total. The maximum Gasteiger partial charge on any atom is 0.135 e. The minimum Gasteiger partial charge on any atom is -0.456 e. The van der Waals surface area contributed by atoms with Crippen molar-refractivity contribution in [1.82, 2.24) is 0 Å².